The van der Waals surface area contributed by atoms with Gasteiger partial charge in [0, 0.05) is 6.54 Å². The fourth-order valence-corrected chi connectivity index (χ4v) is 2.83. The van der Waals surface area contributed by atoms with Crippen LogP contribution in [0.4, 0.5) is 4.79 Å². The normalized spacial score (nSPS) is 23.6. The number of carbonyl (C=O) groups excluding carboxylic acids is 5. The number of nitrogens with zero attached hydrogens (tertiary/aromatic N) is 1. The van der Waals surface area contributed by atoms with Crippen molar-refractivity contribution in [3.63, 3.8) is 0 Å². The van der Waals surface area contributed by atoms with Gasteiger partial charge < -0.3 is 10.5 Å². The third-order valence-corrected chi connectivity index (χ3v) is 4.06. The summed E-state index contributed by atoms with van der Waals surface area (Å²) in [4.78, 5) is 59.2. The van der Waals surface area contributed by atoms with E-state index in [1.807, 2.05) is 12.2 Å². The SMILES string of the molecule is C[C@@H](OC(=O)CCN1C(=O)[C@H]2CC=CC[C@H]2C1=O)C(=O)NC(N)=O. The Kier molecular flexibility index (Phi) is 5.32. The van der Waals surface area contributed by atoms with Gasteiger partial charge in [-0.05, 0) is 19.8 Å². The number of carbonyl (C=O) groups is 5. The lowest BCUT2D eigenvalue weighted by atomic mass is 9.85. The van der Waals surface area contributed by atoms with Crippen molar-refractivity contribution in [2.45, 2.75) is 32.3 Å². The molecule has 0 unspecified atom stereocenters. The summed E-state index contributed by atoms with van der Waals surface area (Å²) < 4.78 is 4.84. The van der Waals surface area contributed by atoms with Crippen LogP contribution in [0.5, 0.6) is 0 Å². The topological polar surface area (TPSA) is 136 Å². The third-order valence-electron chi connectivity index (χ3n) is 4.06. The predicted molar refractivity (Wildman–Crippen MR) is 80.0 cm³/mol. The summed E-state index contributed by atoms with van der Waals surface area (Å²) in [6, 6.07) is -1.05. The van der Waals surface area contributed by atoms with Gasteiger partial charge in [0.2, 0.25) is 11.8 Å². The van der Waals surface area contributed by atoms with Crippen LogP contribution in [0, 0.1) is 11.8 Å². The Bertz CT molecular complexity index is 588. The molecule has 130 valence electrons. The highest BCUT2D eigenvalue weighted by Gasteiger charge is 2.46. The minimum absolute atomic E-state index is 0.0896. The molecular weight excluding hydrogens is 318 g/mol. The number of hydrogen-bond donors (Lipinski definition) is 2. The minimum atomic E-state index is -1.21. The number of allylic oxidation sites excluding steroid dienone is 2. The number of nitrogens with two attached hydrogens (primary N) is 1. The fraction of sp³-hybridized carbons (Fsp3) is 0.533. The summed E-state index contributed by atoms with van der Waals surface area (Å²) >= 11 is 0. The highest BCUT2D eigenvalue weighted by Crippen LogP contribution is 2.34. The van der Waals surface area contributed by atoms with E-state index < -0.39 is 24.0 Å². The maximum atomic E-state index is 12.2. The van der Waals surface area contributed by atoms with Crippen LogP contribution in [0.3, 0.4) is 0 Å². The molecule has 0 bridgehead atoms. The number of likely N-dealkylation sites (tertiary alicyclic amines) is 1. The Balaban J connectivity index is 1.84. The first-order chi connectivity index (χ1) is 11.3. The van der Waals surface area contributed by atoms with Crippen LogP contribution in [-0.2, 0) is 23.9 Å². The van der Waals surface area contributed by atoms with Crippen molar-refractivity contribution in [2.75, 3.05) is 6.54 Å². The van der Waals surface area contributed by atoms with Crippen LogP contribution in [0.15, 0.2) is 12.2 Å². The molecule has 9 nitrogen and oxygen atoms in total. The highest BCUT2D eigenvalue weighted by atomic mass is 16.5. The number of rotatable bonds is 5. The van der Waals surface area contributed by atoms with E-state index in [1.165, 1.54) is 6.92 Å². The molecule has 5 amide bonds. The number of ether oxygens (including phenoxy) is 1. The van der Waals surface area contributed by atoms with Crippen LogP contribution < -0.4 is 11.1 Å². The van der Waals surface area contributed by atoms with E-state index in [0.29, 0.717) is 12.8 Å². The molecule has 3 N–H and O–H groups in total. The lowest BCUT2D eigenvalue weighted by Gasteiger charge is -2.16. The van der Waals surface area contributed by atoms with Gasteiger partial charge in [0.05, 0.1) is 18.3 Å². The molecule has 9 heteroatoms. The van der Waals surface area contributed by atoms with Crippen LogP contribution in [0.25, 0.3) is 0 Å². The van der Waals surface area contributed by atoms with E-state index in [0.717, 1.165) is 4.90 Å². The van der Waals surface area contributed by atoms with Gasteiger partial charge >= 0.3 is 12.0 Å². The third kappa shape index (κ3) is 3.79. The van der Waals surface area contributed by atoms with E-state index in [9.17, 15) is 24.0 Å². The number of urea groups is 1. The summed E-state index contributed by atoms with van der Waals surface area (Å²) in [5.41, 5.74) is 4.79. The first kappa shape index (κ1) is 17.6. The largest absolute Gasteiger partial charge is 0.452 e. The van der Waals surface area contributed by atoms with Crippen molar-refractivity contribution in [1.29, 1.82) is 0 Å². The van der Waals surface area contributed by atoms with Crippen molar-refractivity contribution in [1.82, 2.24) is 10.2 Å². The van der Waals surface area contributed by atoms with Crippen LogP contribution in [0.2, 0.25) is 0 Å². The monoisotopic (exact) mass is 337 g/mol. The van der Waals surface area contributed by atoms with E-state index >= 15 is 0 Å². The summed E-state index contributed by atoms with van der Waals surface area (Å²) in [5, 5.41) is 1.79. The molecule has 1 saturated heterocycles. The van der Waals surface area contributed by atoms with Crippen LogP contribution in [-0.4, -0.2) is 47.3 Å². The van der Waals surface area contributed by atoms with Crippen molar-refractivity contribution in [2.24, 2.45) is 17.6 Å². The summed E-state index contributed by atoms with van der Waals surface area (Å²) in [5.74, 6) is -2.85. The van der Waals surface area contributed by atoms with E-state index in [-0.39, 0.29) is 36.6 Å². The quantitative estimate of drug-likeness (QED) is 0.392. The second-order valence-corrected chi connectivity index (χ2v) is 5.72. The predicted octanol–water partition coefficient (Wildman–Crippen LogP) is -0.546. The molecule has 0 aromatic heterocycles. The van der Waals surface area contributed by atoms with Crippen molar-refractivity contribution in [3.05, 3.63) is 12.2 Å². The van der Waals surface area contributed by atoms with E-state index in [4.69, 9.17) is 10.5 Å². The molecule has 3 atom stereocenters. The second kappa shape index (κ2) is 7.24. The number of esters is 1. The number of hydrogen-bond acceptors (Lipinski definition) is 6. The Labute approximate surface area is 138 Å². The summed E-state index contributed by atoms with van der Waals surface area (Å²) in [6.07, 6.45) is 3.38. The van der Waals surface area contributed by atoms with Gasteiger partial charge in [0.25, 0.3) is 5.91 Å². The van der Waals surface area contributed by atoms with Gasteiger partial charge in [-0.25, -0.2) is 4.79 Å². The first-order valence-corrected chi connectivity index (χ1v) is 7.61. The standard InChI is InChI=1S/C15H19N3O6/c1-8(12(20)17-15(16)23)24-11(19)6-7-18-13(21)9-4-2-3-5-10(9)14(18)22/h2-3,8-10H,4-7H2,1H3,(H3,16,17,20,23)/t8-,9-,10+/m1/s1. The number of fused-ring (bicyclic) bond motifs is 1. The van der Waals surface area contributed by atoms with Gasteiger partial charge in [-0.15, -0.1) is 0 Å². The van der Waals surface area contributed by atoms with E-state index in [1.54, 1.807) is 5.32 Å². The maximum absolute atomic E-state index is 12.2. The van der Waals surface area contributed by atoms with Crippen molar-refractivity contribution >= 4 is 29.7 Å². The maximum Gasteiger partial charge on any atom is 0.318 e. The second-order valence-electron chi connectivity index (χ2n) is 5.72. The highest BCUT2D eigenvalue weighted by molar-refractivity contribution is 6.05. The average Bonchev–Trinajstić information content (AvgIpc) is 2.76. The smallest absolute Gasteiger partial charge is 0.318 e. The molecule has 0 spiro atoms. The molecule has 1 aliphatic heterocycles. The molecule has 1 heterocycles. The van der Waals surface area contributed by atoms with Gasteiger partial charge in [0.15, 0.2) is 6.10 Å². The van der Waals surface area contributed by atoms with Gasteiger partial charge in [-0.1, -0.05) is 12.2 Å². The molecule has 1 fully saturated rings. The Hall–Kier alpha value is -2.71. The first-order valence-electron chi connectivity index (χ1n) is 7.61. The lowest BCUT2D eigenvalue weighted by Crippen LogP contribution is -2.42. The van der Waals surface area contributed by atoms with Crippen LogP contribution >= 0.6 is 0 Å². The molecular formula is C15H19N3O6. The molecule has 0 saturated carbocycles. The lowest BCUT2D eigenvalue weighted by molar-refractivity contribution is -0.155. The number of nitrogens with one attached hydrogen (secondary N) is 1. The molecule has 2 aliphatic rings. The Morgan fingerprint density at radius 3 is 2.29 bits per heavy atom. The fourth-order valence-electron chi connectivity index (χ4n) is 2.83. The van der Waals surface area contributed by atoms with Crippen LogP contribution in [0.1, 0.15) is 26.2 Å². The van der Waals surface area contributed by atoms with Gasteiger partial charge in [0.1, 0.15) is 0 Å². The van der Waals surface area contributed by atoms with E-state index in [2.05, 4.69) is 0 Å². The zero-order chi connectivity index (χ0) is 17.9. The zero-order valence-electron chi connectivity index (χ0n) is 13.2. The van der Waals surface area contributed by atoms with Crippen molar-refractivity contribution < 1.29 is 28.7 Å². The molecule has 1 aliphatic carbocycles. The number of amides is 5. The van der Waals surface area contributed by atoms with Crippen molar-refractivity contribution in [3.8, 4) is 0 Å². The van der Waals surface area contributed by atoms with Gasteiger partial charge in [-0.3, -0.25) is 29.4 Å². The average molecular weight is 337 g/mol. The molecule has 0 aromatic rings. The Morgan fingerprint density at radius 2 is 1.79 bits per heavy atom. The minimum Gasteiger partial charge on any atom is -0.452 e. The molecule has 2 rings (SSSR count). The summed E-state index contributed by atoms with van der Waals surface area (Å²) in [7, 11) is 0. The summed E-state index contributed by atoms with van der Waals surface area (Å²) in [6.45, 7) is 1.19. The molecule has 0 aromatic carbocycles. The molecule has 24 heavy (non-hydrogen) atoms. The number of imide groups is 2. The molecule has 0 radical (unpaired) electrons. The number of primary amides is 1. The zero-order valence-corrected chi connectivity index (χ0v) is 13.2. The Morgan fingerprint density at radius 1 is 1.25 bits per heavy atom. The van der Waals surface area contributed by atoms with Gasteiger partial charge in [-0.2, -0.15) is 0 Å².